The quantitative estimate of drug-likeness (QED) is 0.495. The maximum absolute atomic E-state index is 13.6. The van der Waals surface area contributed by atoms with Gasteiger partial charge in [-0.05, 0) is 18.6 Å². The zero-order valence-corrected chi connectivity index (χ0v) is 15.9. The van der Waals surface area contributed by atoms with Gasteiger partial charge in [-0.2, -0.15) is 0 Å². The molecule has 1 N–H and O–H groups in total. The van der Waals surface area contributed by atoms with Gasteiger partial charge in [-0.3, -0.25) is 0 Å². The van der Waals surface area contributed by atoms with Crippen LogP contribution in [0.5, 0.6) is 0 Å². The van der Waals surface area contributed by atoms with Gasteiger partial charge < -0.3 is 0 Å². The van der Waals surface area contributed by atoms with Crippen molar-refractivity contribution in [1.82, 2.24) is 4.72 Å². The molecule has 114 valence electrons. The zero-order chi connectivity index (χ0) is 15.6. The van der Waals surface area contributed by atoms with Crippen LogP contribution in [-0.2, 0) is 10.0 Å². The van der Waals surface area contributed by atoms with E-state index in [9.17, 15) is 12.8 Å². The average Bonchev–Trinajstić information content (AvgIpc) is 2.42. The van der Waals surface area contributed by atoms with Gasteiger partial charge in [0.15, 0.2) is 5.82 Å². The van der Waals surface area contributed by atoms with Crippen LogP contribution < -0.4 is 4.72 Å². The first kappa shape index (κ1) is 18.6. The molecule has 20 heavy (non-hydrogen) atoms. The SMILES string of the molecule is CCC(CBr)(CBr)NS(=O)(=O)c1ccc(Cl)c(F)c1Cl. The molecule has 1 aromatic carbocycles. The third-order valence-electron chi connectivity index (χ3n) is 2.83. The van der Waals surface area contributed by atoms with Crippen LogP contribution in [0.1, 0.15) is 13.3 Å². The van der Waals surface area contributed by atoms with Crippen molar-refractivity contribution in [3.8, 4) is 0 Å². The third-order valence-corrected chi connectivity index (χ3v) is 7.37. The summed E-state index contributed by atoms with van der Waals surface area (Å²) in [6.07, 6.45) is 0.538. The molecule has 0 aliphatic carbocycles. The van der Waals surface area contributed by atoms with Gasteiger partial charge in [0.1, 0.15) is 4.90 Å². The van der Waals surface area contributed by atoms with Crippen molar-refractivity contribution in [2.75, 3.05) is 10.7 Å². The summed E-state index contributed by atoms with van der Waals surface area (Å²) in [6, 6.07) is 2.34. The van der Waals surface area contributed by atoms with Crippen molar-refractivity contribution in [3.05, 3.63) is 28.0 Å². The lowest BCUT2D eigenvalue weighted by Gasteiger charge is -2.29. The summed E-state index contributed by atoms with van der Waals surface area (Å²) in [6.45, 7) is 1.84. The van der Waals surface area contributed by atoms with Crippen molar-refractivity contribution in [1.29, 1.82) is 0 Å². The molecule has 0 atom stereocenters. The monoisotopic (exact) mass is 469 g/mol. The Labute approximate surface area is 144 Å². The molecule has 0 heterocycles. The van der Waals surface area contributed by atoms with Crippen molar-refractivity contribution in [3.63, 3.8) is 0 Å². The fraction of sp³-hybridized carbons (Fsp3) is 0.455. The highest BCUT2D eigenvalue weighted by Gasteiger charge is 2.33. The molecule has 9 heteroatoms. The standard InChI is InChI=1S/C11H12Br2Cl2FNO2S/c1-2-11(5-12,6-13)17-20(18,19)8-4-3-7(14)10(16)9(8)15/h3-4,17H,2,5-6H2,1H3. The van der Waals surface area contributed by atoms with Crippen molar-refractivity contribution < 1.29 is 12.8 Å². The highest BCUT2D eigenvalue weighted by Crippen LogP contribution is 2.30. The maximum atomic E-state index is 13.6. The number of hydrogen-bond acceptors (Lipinski definition) is 2. The van der Waals surface area contributed by atoms with E-state index in [1.165, 1.54) is 6.07 Å². The predicted octanol–water partition coefficient (Wildman–Crippen LogP) is 4.35. The summed E-state index contributed by atoms with van der Waals surface area (Å²) in [4.78, 5) is -0.333. The fourth-order valence-electron chi connectivity index (χ4n) is 1.41. The molecule has 0 amide bonds. The minimum Gasteiger partial charge on any atom is -0.207 e. The van der Waals surface area contributed by atoms with Crippen LogP contribution in [0.15, 0.2) is 17.0 Å². The fourth-order valence-corrected chi connectivity index (χ4v) is 6.00. The highest BCUT2D eigenvalue weighted by atomic mass is 79.9. The Hall–Kier alpha value is 0.600. The molecule has 0 radical (unpaired) electrons. The number of benzene rings is 1. The lowest BCUT2D eigenvalue weighted by Crippen LogP contribution is -2.51. The Morgan fingerprint density at radius 2 is 1.85 bits per heavy atom. The second kappa shape index (κ2) is 7.24. The molecule has 0 saturated heterocycles. The number of sulfonamides is 1. The molecular formula is C11H12Br2Cl2FNO2S. The Balaban J connectivity index is 3.28. The zero-order valence-electron chi connectivity index (χ0n) is 10.4. The van der Waals surface area contributed by atoms with Crippen LogP contribution >= 0.6 is 55.1 Å². The smallest absolute Gasteiger partial charge is 0.207 e. The van der Waals surface area contributed by atoms with Gasteiger partial charge in [0.2, 0.25) is 10.0 Å². The first-order valence-electron chi connectivity index (χ1n) is 5.52. The first-order chi connectivity index (χ1) is 9.23. The van der Waals surface area contributed by atoms with E-state index in [4.69, 9.17) is 23.2 Å². The number of rotatable bonds is 6. The molecule has 3 nitrogen and oxygen atoms in total. The summed E-state index contributed by atoms with van der Waals surface area (Å²) in [5.41, 5.74) is -0.724. The van der Waals surface area contributed by atoms with E-state index < -0.39 is 26.4 Å². The number of halogens is 5. The van der Waals surface area contributed by atoms with Crippen LogP contribution in [0, 0.1) is 5.82 Å². The third kappa shape index (κ3) is 3.87. The summed E-state index contributed by atoms with van der Waals surface area (Å²) >= 11 is 17.9. The van der Waals surface area contributed by atoms with Crippen LogP contribution in [0.3, 0.4) is 0 Å². The lowest BCUT2D eigenvalue weighted by molar-refractivity contribution is 0.459. The predicted molar refractivity (Wildman–Crippen MR) is 87.4 cm³/mol. The lowest BCUT2D eigenvalue weighted by atomic mass is 10.0. The summed E-state index contributed by atoms with van der Waals surface area (Å²) in [7, 11) is -3.96. The van der Waals surface area contributed by atoms with E-state index >= 15 is 0 Å². The normalized spacial score (nSPS) is 12.7. The van der Waals surface area contributed by atoms with Gasteiger partial charge in [0.25, 0.3) is 0 Å². The van der Waals surface area contributed by atoms with Crippen LogP contribution in [0.4, 0.5) is 4.39 Å². The number of alkyl halides is 2. The summed E-state index contributed by atoms with van der Waals surface area (Å²) in [5.74, 6) is -0.948. The van der Waals surface area contributed by atoms with E-state index in [0.717, 1.165) is 6.07 Å². The van der Waals surface area contributed by atoms with Crippen LogP contribution in [-0.4, -0.2) is 24.6 Å². The average molecular weight is 472 g/mol. The summed E-state index contributed by atoms with van der Waals surface area (Å²) < 4.78 is 40.9. The number of hydrogen-bond donors (Lipinski definition) is 1. The van der Waals surface area contributed by atoms with Gasteiger partial charge in [0.05, 0.1) is 15.6 Å². The minimum atomic E-state index is -3.96. The van der Waals surface area contributed by atoms with Gasteiger partial charge in [-0.15, -0.1) is 0 Å². The molecule has 1 rings (SSSR count). The topological polar surface area (TPSA) is 46.2 Å². The van der Waals surface area contributed by atoms with Crippen molar-refractivity contribution in [2.45, 2.75) is 23.8 Å². The maximum Gasteiger partial charge on any atom is 0.242 e. The Morgan fingerprint density at radius 1 is 1.30 bits per heavy atom. The molecule has 0 aliphatic rings. The van der Waals surface area contributed by atoms with Gasteiger partial charge >= 0.3 is 0 Å². The second-order valence-electron chi connectivity index (χ2n) is 4.18. The molecule has 0 bridgehead atoms. The number of nitrogens with one attached hydrogen (secondary N) is 1. The van der Waals surface area contributed by atoms with E-state index in [1.807, 2.05) is 6.92 Å². The van der Waals surface area contributed by atoms with Gasteiger partial charge in [-0.25, -0.2) is 17.5 Å². The Bertz CT molecular complexity index is 586. The highest BCUT2D eigenvalue weighted by molar-refractivity contribution is 9.09. The Morgan fingerprint density at radius 3 is 2.30 bits per heavy atom. The molecule has 0 unspecified atom stereocenters. The van der Waals surface area contributed by atoms with E-state index in [1.54, 1.807) is 0 Å². The van der Waals surface area contributed by atoms with Crippen LogP contribution in [0.25, 0.3) is 0 Å². The van der Waals surface area contributed by atoms with Gasteiger partial charge in [0, 0.05) is 10.7 Å². The molecule has 0 aromatic heterocycles. The molecule has 0 saturated carbocycles. The minimum absolute atomic E-state index is 0.225. The molecule has 1 aromatic rings. The van der Waals surface area contributed by atoms with Gasteiger partial charge in [-0.1, -0.05) is 62.0 Å². The molecule has 0 fully saturated rings. The molecular weight excluding hydrogens is 460 g/mol. The largest absolute Gasteiger partial charge is 0.242 e. The molecule has 0 spiro atoms. The first-order valence-corrected chi connectivity index (χ1v) is 10.0. The Kier molecular flexibility index (Phi) is 6.75. The van der Waals surface area contributed by atoms with Crippen molar-refractivity contribution in [2.24, 2.45) is 0 Å². The second-order valence-corrected chi connectivity index (χ2v) is 7.74. The van der Waals surface area contributed by atoms with E-state index in [0.29, 0.717) is 17.1 Å². The van der Waals surface area contributed by atoms with E-state index in [-0.39, 0.29) is 9.92 Å². The molecule has 0 aliphatic heterocycles. The summed E-state index contributed by atoms with van der Waals surface area (Å²) in [5, 5.41) is 0.0550. The van der Waals surface area contributed by atoms with E-state index in [2.05, 4.69) is 36.6 Å². The van der Waals surface area contributed by atoms with Crippen LogP contribution in [0.2, 0.25) is 10.0 Å². The van der Waals surface area contributed by atoms with Crippen molar-refractivity contribution >= 4 is 65.1 Å².